The zero-order chi connectivity index (χ0) is 17.5. The van der Waals surface area contributed by atoms with Crippen LogP contribution in [0.1, 0.15) is 29.8 Å². The van der Waals surface area contributed by atoms with Crippen molar-refractivity contribution in [2.75, 3.05) is 18.4 Å². The Morgan fingerprint density at radius 1 is 1.12 bits per heavy atom. The number of carbonyl (C=O) groups excluding carboxylic acids is 2. The lowest BCUT2D eigenvalue weighted by Crippen LogP contribution is -2.32. The third kappa shape index (κ3) is 5.28. The number of nitrogens with one attached hydrogen (secondary N) is 1. The van der Waals surface area contributed by atoms with Crippen molar-refractivity contribution in [3.8, 4) is 0 Å². The van der Waals surface area contributed by atoms with E-state index >= 15 is 0 Å². The van der Waals surface area contributed by atoms with E-state index in [2.05, 4.69) is 5.32 Å². The second kappa shape index (κ2) is 8.36. The maximum atomic E-state index is 13.2. The fraction of sp³-hybridized carbons (Fsp3) is 0.263. The average molecular weight is 328 g/mol. The van der Waals surface area contributed by atoms with Crippen LogP contribution >= 0.6 is 0 Å². The summed E-state index contributed by atoms with van der Waals surface area (Å²) in [5.41, 5.74) is 1.97. The molecular formula is C19H21FN2O2. The summed E-state index contributed by atoms with van der Waals surface area (Å²) in [5, 5.41) is 2.79. The van der Waals surface area contributed by atoms with Crippen molar-refractivity contribution in [1.82, 2.24) is 4.90 Å². The van der Waals surface area contributed by atoms with Crippen LogP contribution in [0.3, 0.4) is 0 Å². The largest absolute Gasteiger partial charge is 0.325 e. The van der Waals surface area contributed by atoms with Crippen molar-refractivity contribution in [2.24, 2.45) is 0 Å². The Morgan fingerprint density at radius 2 is 1.88 bits per heavy atom. The Balaban J connectivity index is 1.96. The molecular weight excluding hydrogens is 307 g/mol. The Hall–Kier alpha value is -2.53. The number of carbonyl (C=O) groups is 2. The van der Waals surface area contributed by atoms with Gasteiger partial charge in [0.25, 0.3) is 0 Å². The van der Waals surface area contributed by atoms with Crippen LogP contribution in [0, 0.1) is 5.82 Å². The van der Waals surface area contributed by atoms with Gasteiger partial charge in [0.1, 0.15) is 5.82 Å². The minimum Gasteiger partial charge on any atom is -0.325 e. The zero-order valence-electron chi connectivity index (χ0n) is 13.9. The lowest BCUT2D eigenvalue weighted by atomic mass is 10.1. The number of halogens is 1. The highest BCUT2D eigenvalue weighted by molar-refractivity contribution is 5.97. The summed E-state index contributed by atoms with van der Waals surface area (Å²) in [7, 11) is 0. The molecule has 24 heavy (non-hydrogen) atoms. The van der Waals surface area contributed by atoms with Gasteiger partial charge in [-0.3, -0.25) is 14.5 Å². The molecule has 2 aromatic rings. The van der Waals surface area contributed by atoms with Crippen molar-refractivity contribution >= 4 is 17.4 Å². The summed E-state index contributed by atoms with van der Waals surface area (Å²) in [5.74, 6) is -0.504. The maximum Gasteiger partial charge on any atom is 0.238 e. The van der Waals surface area contributed by atoms with Gasteiger partial charge in [0.2, 0.25) is 5.91 Å². The summed E-state index contributed by atoms with van der Waals surface area (Å²) >= 11 is 0. The van der Waals surface area contributed by atoms with Gasteiger partial charge in [0, 0.05) is 17.8 Å². The van der Waals surface area contributed by atoms with E-state index < -0.39 is 0 Å². The highest BCUT2D eigenvalue weighted by Crippen LogP contribution is 2.12. The van der Waals surface area contributed by atoms with E-state index in [0.29, 0.717) is 24.3 Å². The molecule has 0 aliphatic heterocycles. The number of ketones is 1. The van der Waals surface area contributed by atoms with Crippen LogP contribution in [0.4, 0.5) is 10.1 Å². The Kier molecular flexibility index (Phi) is 6.21. The number of amides is 1. The quantitative estimate of drug-likeness (QED) is 0.792. The molecule has 4 nitrogen and oxygen atoms in total. The second-order valence-electron chi connectivity index (χ2n) is 5.62. The van der Waals surface area contributed by atoms with Gasteiger partial charge in [-0.1, -0.05) is 31.2 Å². The first kappa shape index (κ1) is 17.8. The number of Topliss-reactive ketones (excluding diaryl/α,β-unsaturated/α-hetero) is 1. The second-order valence-corrected chi connectivity index (χ2v) is 5.62. The molecule has 0 bridgehead atoms. The number of rotatable bonds is 7. The zero-order valence-corrected chi connectivity index (χ0v) is 13.9. The molecule has 0 aliphatic carbocycles. The van der Waals surface area contributed by atoms with Crippen molar-refractivity contribution in [3.05, 3.63) is 65.5 Å². The normalized spacial score (nSPS) is 10.7. The van der Waals surface area contributed by atoms with E-state index in [0.717, 1.165) is 5.56 Å². The molecule has 1 amide bonds. The van der Waals surface area contributed by atoms with Crippen molar-refractivity contribution in [3.63, 3.8) is 0 Å². The van der Waals surface area contributed by atoms with Gasteiger partial charge in [0.15, 0.2) is 5.78 Å². The molecule has 0 atom stereocenters. The average Bonchev–Trinajstić information content (AvgIpc) is 2.54. The highest BCUT2D eigenvalue weighted by Gasteiger charge is 2.11. The molecule has 0 spiro atoms. The van der Waals surface area contributed by atoms with E-state index in [1.54, 1.807) is 30.3 Å². The number of hydrogen-bond donors (Lipinski definition) is 1. The van der Waals surface area contributed by atoms with Crippen LogP contribution < -0.4 is 5.32 Å². The molecule has 0 aliphatic rings. The van der Waals surface area contributed by atoms with Crippen molar-refractivity contribution < 1.29 is 14.0 Å². The fourth-order valence-corrected chi connectivity index (χ4v) is 2.39. The van der Waals surface area contributed by atoms with Gasteiger partial charge in [-0.15, -0.1) is 0 Å². The first-order valence-corrected chi connectivity index (χ1v) is 7.85. The van der Waals surface area contributed by atoms with Crippen LogP contribution in [-0.4, -0.2) is 29.7 Å². The first-order valence-electron chi connectivity index (χ1n) is 7.85. The SMILES string of the molecule is CCN(CC(=O)Nc1cccc(C(C)=O)c1)Cc1cccc(F)c1. The van der Waals surface area contributed by atoms with E-state index in [9.17, 15) is 14.0 Å². The van der Waals surface area contributed by atoms with Gasteiger partial charge in [-0.25, -0.2) is 4.39 Å². The summed E-state index contributed by atoms with van der Waals surface area (Å²) < 4.78 is 13.2. The van der Waals surface area contributed by atoms with Crippen molar-refractivity contribution in [1.29, 1.82) is 0 Å². The van der Waals surface area contributed by atoms with E-state index in [1.165, 1.54) is 19.1 Å². The maximum absolute atomic E-state index is 13.2. The monoisotopic (exact) mass is 328 g/mol. The molecule has 0 aromatic heterocycles. The van der Waals surface area contributed by atoms with Gasteiger partial charge in [-0.2, -0.15) is 0 Å². The highest BCUT2D eigenvalue weighted by atomic mass is 19.1. The Bertz CT molecular complexity index is 731. The predicted molar refractivity (Wildman–Crippen MR) is 92.4 cm³/mol. The smallest absolute Gasteiger partial charge is 0.238 e. The molecule has 2 aromatic carbocycles. The topological polar surface area (TPSA) is 49.4 Å². The minimum absolute atomic E-state index is 0.0487. The molecule has 126 valence electrons. The summed E-state index contributed by atoms with van der Waals surface area (Å²) in [6, 6.07) is 13.2. The molecule has 5 heteroatoms. The molecule has 2 rings (SSSR count). The molecule has 0 heterocycles. The first-order chi connectivity index (χ1) is 11.5. The Morgan fingerprint density at radius 3 is 2.54 bits per heavy atom. The van der Waals surface area contributed by atoms with E-state index in [1.807, 2.05) is 17.9 Å². The summed E-state index contributed by atoms with van der Waals surface area (Å²) in [6.45, 7) is 4.78. The van der Waals surface area contributed by atoms with Gasteiger partial charge < -0.3 is 5.32 Å². The summed E-state index contributed by atoms with van der Waals surface area (Å²) in [4.78, 5) is 25.5. The van der Waals surface area contributed by atoms with Gasteiger partial charge in [-0.05, 0) is 43.3 Å². The molecule has 0 unspecified atom stereocenters. The van der Waals surface area contributed by atoms with Crippen LogP contribution in [0.5, 0.6) is 0 Å². The number of likely N-dealkylation sites (N-methyl/N-ethyl adjacent to an activating group) is 1. The lowest BCUT2D eigenvalue weighted by Gasteiger charge is -2.20. The van der Waals surface area contributed by atoms with E-state index in [4.69, 9.17) is 0 Å². The van der Waals surface area contributed by atoms with Gasteiger partial charge >= 0.3 is 0 Å². The number of anilines is 1. The fourth-order valence-electron chi connectivity index (χ4n) is 2.39. The van der Waals surface area contributed by atoms with Crippen LogP contribution in [0.2, 0.25) is 0 Å². The number of hydrogen-bond acceptors (Lipinski definition) is 3. The molecule has 1 N–H and O–H groups in total. The summed E-state index contributed by atoms with van der Waals surface area (Å²) in [6.07, 6.45) is 0. The van der Waals surface area contributed by atoms with Crippen LogP contribution in [0.25, 0.3) is 0 Å². The van der Waals surface area contributed by atoms with E-state index in [-0.39, 0.29) is 24.1 Å². The van der Waals surface area contributed by atoms with Crippen LogP contribution in [-0.2, 0) is 11.3 Å². The number of benzene rings is 2. The predicted octanol–water partition coefficient (Wildman–Crippen LogP) is 3.49. The third-order valence-electron chi connectivity index (χ3n) is 3.66. The standard InChI is InChI=1S/C19H21FN2O2/c1-3-22(12-15-6-4-8-17(20)10-15)13-19(24)21-18-9-5-7-16(11-18)14(2)23/h4-11H,3,12-13H2,1-2H3,(H,21,24). The molecule has 0 fully saturated rings. The van der Waals surface area contributed by atoms with Crippen LogP contribution in [0.15, 0.2) is 48.5 Å². The number of nitrogens with zero attached hydrogens (tertiary/aromatic N) is 1. The Labute approximate surface area is 141 Å². The molecule has 0 saturated carbocycles. The lowest BCUT2D eigenvalue weighted by molar-refractivity contribution is -0.117. The van der Waals surface area contributed by atoms with Crippen molar-refractivity contribution in [2.45, 2.75) is 20.4 Å². The third-order valence-corrected chi connectivity index (χ3v) is 3.66. The molecule has 0 radical (unpaired) electrons. The molecule has 0 saturated heterocycles. The minimum atomic E-state index is -0.283. The van der Waals surface area contributed by atoms with Gasteiger partial charge in [0.05, 0.1) is 6.54 Å².